The highest BCUT2D eigenvalue weighted by molar-refractivity contribution is 7.88. The van der Waals surface area contributed by atoms with Crippen LogP contribution in [-0.2, 0) is 15.8 Å². The molecular formula is C19H26BF2N5O3S. The molecule has 2 aliphatic rings. The summed E-state index contributed by atoms with van der Waals surface area (Å²) < 4.78 is 54.4. The fourth-order valence-electron chi connectivity index (χ4n) is 4.52. The third-order valence-electron chi connectivity index (χ3n) is 6.19. The fourth-order valence-corrected chi connectivity index (χ4v) is 5.39. The summed E-state index contributed by atoms with van der Waals surface area (Å²) in [5, 5.41) is 3.62. The van der Waals surface area contributed by atoms with Crippen molar-refractivity contribution >= 4 is 34.9 Å². The topological polar surface area (TPSA) is 97.2 Å². The summed E-state index contributed by atoms with van der Waals surface area (Å²) in [5.41, 5.74) is -0.877. The van der Waals surface area contributed by atoms with Gasteiger partial charge in [0.05, 0.1) is 11.8 Å². The van der Waals surface area contributed by atoms with Crippen molar-refractivity contribution in [1.82, 2.24) is 18.8 Å². The van der Waals surface area contributed by atoms with Crippen LogP contribution in [0.4, 0.5) is 14.7 Å². The van der Waals surface area contributed by atoms with Crippen molar-refractivity contribution in [3.05, 3.63) is 28.2 Å². The number of anilines is 1. The largest absolute Gasteiger partial charge is 0.351 e. The minimum atomic E-state index is -3.25. The standard InChI is InChI=1S/C19H26BF2N5O3S/c1-31(29,30)26-8-6-13(7-9-26)24-18-23-11-12-10-15(19(20,21)22)17(28)27(16(12)25-18)14-4-2-3-5-14/h10-11,13-14H,2-9,20H2,1H3,(H,23,24,25). The molecule has 0 radical (unpaired) electrons. The number of rotatable bonds is 5. The summed E-state index contributed by atoms with van der Waals surface area (Å²) >= 11 is 0. The Bertz CT molecular complexity index is 1140. The van der Waals surface area contributed by atoms with Crippen molar-refractivity contribution in [2.75, 3.05) is 24.7 Å². The predicted molar refractivity (Wildman–Crippen MR) is 117 cm³/mol. The molecule has 1 saturated carbocycles. The van der Waals surface area contributed by atoms with Crippen molar-refractivity contribution in [2.45, 2.75) is 56.4 Å². The molecule has 2 aromatic heterocycles. The predicted octanol–water partition coefficient (Wildman–Crippen LogP) is 1.42. The van der Waals surface area contributed by atoms with Gasteiger partial charge in [-0.15, -0.1) is 0 Å². The number of alkyl halides is 2. The van der Waals surface area contributed by atoms with Crippen LogP contribution >= 0.6 is 0 Å². The fraction of sp³-hybridized carbons (Fsp3) is 0.632. The van der Waals surface area contributed by atoms with Gasteiger partial charge in [-0.05, 0) is 31.7 Å². The Balaban J connectivity index is 1.67. The maximum absolute atomic E-state index is 14.1. The summed E-state index contributed by atoms with van der Waals surface area (Å²) in [6.45, 7) is 0.817. The summed E-state index contributed by atoms with van der Waals surface area (Å²) in [5.74, 6) is -2.94. The van der Waals surface area contributed by atoms with Crippen molar-refractivity contribution < 1.29 is 17.2 Å². The maximum Gasteiger partial charge on any atom is 0.260 e. The van der Waals surface area contributed by atoms with E-state index in [9.17, 15) is 22.0 Å². The van der Waals surface area contributed by atoms with E-state index in [4.69, 9.17) is 0 Å². The minimum Gasteiger partial charge on any atom is -0.351 e. The van der Waals surface area contributed by atoms with Crippen LogP contribution in [0, 0.1) is 0 Å². The Kier molecular flexibility index (Phi) is 5.80. The number of aromatic nitrogens is 3. The molecule has 2 aromatic rings. The molecule has 0 atom stereocenters. The lowest BCUT2D eigenvalue weighted by Crippen LogP contribution is -2.42. The number of halogens is 2. The molecule has 168 valence electrons. The third kappa shape index (κ3) is 4.59. The number of fused-ring (bicyclic) bond motifs is 1. The van der Waals surface area contributed by atoms with E-state index in [0.29, 0.717) is 42.9 Å². The number of piperidine rings is 1. The van der Waals surface area contributed by atoms with Crippen molar-refractivity contribution in [2.24, 2.45) is 0 Å². The van der Waals surface area contributed by atoms with E-state index in [1.165, 1.54) is 27.4 Å². The molecule has 4 rings (SSSR count). The Hall–Kier alpha value is -2.08. The molecule has 3 heterocycles. The highest BCUT2D eigenvalue weighted by Crippen LogP contribution is 2.32. The SMILES string of the molecule is BC(F)(F)c1cc2cnc(NC3CCN(S(C)(=O)=O)CC3)nc2n(C2CCCC2)c1=O. The lowest BCUT2D eigenvalue weighted by molar-refractivity contribution is 0.0919. The van der Waals surface area contributed by atoms with Gasteiger partial charge in [-0.2, -0.15) is 4.98 Å². The van der Waals surface area contributed by atoms with Crippen molar-refractivity contribution in [1.29, 1.82) is 0 Å². The van der Waals surface area contributed by atoms with Gasteiger partial charge >= 0.3 is 0 Å². The summed E-state index contributed by atoms with van der Waals surface area (Å²) in [7, 11) is -2.48. The number of sulfonamides is 1. The number of hydrogen-bond donors (Lipinski definition) is 1. The molecule has 2 fully saturated rings. The van der Waals surface area contributed by atoms with Crippen LogP contribution in [-0.4, -0.2) is 60.5 Å². The van der Waals surface area contributed by atoms with Crippen LogP contribution in [0.5, 0.6) is 0 Å². The smallest absolute Gasteiger partial charge is 0.260 e. The molecule has 12 heteroatoms. The molecule has 1 saturated heterocycles. The lowest BCUT2D eigenvalue weighted by atomic mass is 9.91. The van der Waals surface area contributed by atoms with E-state index in [-0.39, 0.29) is 12.1 Å². The van der Waals surface area contributed by atoms with Crippen LogP contribution in [0.2, 0.25) is 0 Å². The van der Waals surface area contributed by atoms with Crippen LogP contribution in [0.25, 0.3) is 11.0 Å². The monoisotopic (exact) mass is 453 g/mol. The summed E-state index contributed by atoms with van der Waals surface area (Å²) in [6, 6.07) is 1.02. The number of hydrogen-bond acceptors (Lipinski definition) is 6. The van der Waals surface area contributed by atoms with Gasteiger partial charge in [0.25, 0.3) is 5.56 Å². The average Bonchev–Trinajstić information content (AvgIpc) is 3.20. The van der Waals surface area contributed by atoms with Crippen LogP contribution in [0.1, 0.15) is 50.1 Å². The third-order valence-corrected chi connectivity index (χ3v) is 7.50. The zero-order valence-corrected chi connectivity index (χ0v) is 18.5. The normalized spacial score (nSPS) is 19.8. The molecule has 31 heavy (non-hydrogen) atoms. The Morgan fingerprint density at radius 3 is 2.42 bits per heavy atom. The lowest BCUT2D eigenvalue weighted by Gasteiger charge is -2.30. The molecule has 1 aliphatic heterocycles. The van der Waals surface area contributed by atoms with E-state index in [2.05, 4.69) is 15.3 Å². The molecule has 8 nitrogen and oxygen atoms in total. The second-order valence-corrected chi connectivity index (χ2v) is 10.6. The first-order chi connectivity index (χ1) is 14.5. The number of nitrogens with one attached hydrogen (secondary N) is 1. The van der Waals surface area contributed by atoms with Gasteiger partial charge in [0.1, 0.15) is 5.65 Å². The molecule has 1 aliphatic carbocycles. The minimum absolute atomic E-state index is 0.0126. The molecule has 1 N–H and O–H groups in total. The zero-order chi connectivity index (χ0) is 22.4. The van der Waals surface area contributed by atoms with Gasteiger partial charge in [0, 0.05) is 36.8 Å². The molecule has 0 spiro atoms. The first-order valence-electron chi connectivity index (χ1n) is 10.6. The zero-order valence-electron chi connectivity index (χ0n) is 17.6. The van der Waals surface area contributed by atoms with Crippen molar-refractivity contribution in [3.63, 3.8) is 0 Å². The van der Waals surface area contributed by atoms with Gasteiger partial charge in [0.2, 0.25) is 21.8 Å². The molecular weight excluding hydrogens is 427 g/mol. The van der Waals surface area contributed by atoms with Crippen LogP contribution in [0.15, 0.2) is 17.1 Å². The summed E-state index contributed by atoms with van der Waals surface area (Å²) in [4.78, 5) is 21.8. The average molecular weight is 453 g/mol. The number of pyridine rings is 1. The first kappa shape index (κ1) is 22.1. The maximum atomic E-state index is 14.1. The van der Waals surface area contributed by atoms with E-state index in [0.717, 1.165) is 33.5 Å². The molecule has 0 amide bonds. The second-order valence-electron chi connectivity index (χ2n) is 8.61. The molecule has 0 bridgehead atoms. The van der Waals surface area contributed by atoms with E-state index in [1.54, 1.807) is 0 Å². The number of nitrogens with zero attached hydrogens (tertiary/aromatic N) is 4. The highest BCUT2D eigenvalue weighted by Gasteiger charge is 2.32. The van der Waals surface area contributed by atoms with Gasteiger partial charge in [-0.25, -0.2) is 26.5 Å². The second kappa shape index (κ2) is 8.12. The molecule has 0 aromatic carbocycles. The van der Waals surface area contributed by atoms with E-state index >= 15 is 0 Å². The summed E-state index contributed by atoms with van der Waals surface area (Å²) in [6.07, 6.45) is 7.27. The van der Waals surface area contributed by atoms with Gasteiger partial charge < -0.3 is 5.32 Å². The van der Waals surface area contributed by atoms with E-state index < -0.39 is 27.0 Å². The van der Waals surface area contributed by atoms with Crippen molar-refractivity contribution in [3.8, 4) is 0 Å². The van der Waals surface area contributed by atoms with E-state index in [1.807, 2.05) is 0 Å². The molecule has 0 unspecified atom stereocenters. The van der Waals surface area contributed by atoms with Gasteiger partial charge in [-0.3, -0.25) is 9.36 Å². The van der Waals surface area contributed by atoms with Gasteiger partial charge in [0.15, 0.2) is 7.85 Å². The Labute approximate surface area is 180 Å². The Morgan fingerprint density at radius 2 is 1.84 bits per heavy atom. The van der Waals surface area contributed by atoms with Gasteiger partial charge in [-0.1, -0.05) is 12.8 Å². The first-order valence-corrected chi connectivity index (χ1v) is 12.4. The van der Waals surface area contributed by atoms with Crippen LogP contribution in [0.3, 0.4) is 0 Å². The highest BCUT2D eigenvalue weighted by atomic mass is 32.2. The Morgan fingerprint density at radius 1 is 1.19 bits per heavy atom. The van der Waals surface area contributed by atoms with Crippen LogP contribution < -0.4 is 10.9 Å². The quantitative estimate of drug-likeness (QED) is 0.689.